The molecule has 3 unspecified atom stereocenters. The molecular formula is C12H23N3O2S. The van der Waals surface area contributed by atoms with E-state index in [4.69, 9.17) is 0 Å². The van der Waals surface area contributed by atoms with Gasteiger partial charge in [-0.2, -0.15) is 12.6 Å². The first kappa shape index (κ1) is 15.3. The molecule has 3 atom stereocenters. The van der Waals surface area contributed by atoms with Gasteiger partial charge in [0.1, 0.15) is 11.4 Å². The minimum absolute atomic E-state index is 0.0208. The van der Waals surface area contributed by atoms with Crippen LogP contribution in [0, 0.1) is 0 Å². The third kappa shape index (κ3) is 3.62. The molecule has 1 aliphatic heterocycles. The van der Waals surface area contributed by atoms with Gasteiger partial charge in [-0.3, -0.25) is 9.59 Å². The molecule has 0 bridgehead atoms. The maximum atomic E-state index is 12.3. The zero-order valence-electron chi connectivity index (χ0n) is 11.3. The van der Waals surface area contributed by atoms with Gasteiger partial charge in [-0.05, 0) is 33.2 Å². The van der Waals surface area contributed by atoms with Crippen molar-refractivity contribution >= 4 is 24.4 Å². The minimum Gasteiger partial charge on any atom is -0.342 e. The van der Waals surface area contributed by atoms with Crippen molar-refractivity contribution in [3.8, 4) is 0 Å². The van der Waals surface area contributed by atoms with Crippen LogP contribution in [0.1, 0.15) is 33.1 Å². The Bertz CT molecular complexity index is 312. The van der Waals surface area contributed by atoms with Gasteiger partial charge in [0.15, 0.2) is 0 Å². The number of thiol groups is 1. The van der Waals surface area contributed by atoms with Gasteiger partial charge in [0.05, 0.1) is 0 Å². The number of hydrogen-bond donors (Lipinski definition) is 3. The minimum atomic E-state index is -0.581. The van der Waals surface area contributed by atoms with Crippen LogP contribution in [0.2, 0.25) is 0 Å². The second-order valence-electron chi connectivity index (χ2n) is 4.68. The van der Waals surface area contributed by atoms with Gasteiger partial charge in [-0.1, -0.05) is 6.92 Å². The molecule has 2 N–H and O–H groups in total. The van der Waals surface area contributed by atoms with Gasteiger partial charge >= 0.3 is 0 Å². The number of carbonyl (C=O) groups excluding carboxylic acids is 2. The van der Waals surface area contributed by atoms with Crippen molar-refractivity contribution < 1.29 is 9.59 Å². The lowest BCUT2D eigenvalue weighted by Crippen LogP contribution is -2.52. The first-order chi connectivity index (χ1) is 8.51. The van der Waals surface area contributed by atoms with E-state index in [0.717, 1.165) is 19.4 Å². The zero-order chi connectivity index (χ0) is 13.7. The van der Waals surface area contributed by atoms with E-state index >= 15 is 0 Å². The van der Waals surface area contributed by atoms with E-state index in [0.29, 0.717) is 6.42 Å². The second-order valence-corrected chi connectivity index (χ2v) is 5.20. The first-order valence-electron chi connectivity index (χ1n) is 6.47. The fourth-order valence-electron chi connectivity index (χ4n) is 2.18. The van der Waals surface area contributed by atoms with Gasteiger partial charge in [-0.25, -0.2) is 0 Å². The highest BCUT2D eigenvalue weighted by atomic mass is 32.1. The summed E-state index contributed by atoms with van der Waals surface area (Å²) >= 11 is 4.09. The van der Waals surface area contributed by atoms with Gasteiger partial charge in [0.25, 0.3) is 0 Å². The maximum Gasteiger partial charge on any atom is 0.247 e. The van der Waals surface area contributed by atoms with Gasteiger partial charge < -0.3 is 15.5 Å². The standard InChI is InChI=1S/C12H23N3O2S/c1-4-9(14-10(16)11(18)13-3)12(17)15-7-5-6-8(15)2/h8-9,11,13,18H,4-7H2,1-3H3,(H,14,16). The summed E-state index contributed by atoms with van der Waals surface area (Å²) in [4.78, 5) is 25.9. The summed E-state index contributed by atoms with van der Waals surface area (Å²) in [6.07, 6.45) is 2.68. The molecule has 0 aromatic heterocycles. The highest BCUT2D eigenvalue weighted by molar-refractivity contribution is 7.81. The zero-order valence-corrected chi connectivity index (χ0v) is 12.2. The van der Waals surface area contributed by atoms with E-state index < -0.39 is 11.4 Å². The van der Waals surface area contributed by atoms with Crippen molar-refractivity contribution in [2.45, 2.75) is 50.6 Å². The Hall–Kier alpha value is -0.750. The van der Waals surface area contributed by atoms with Crippen LogP contribution in [0.3, 0.4) is 0 Å². The molecule has 0 aromatic rings. The molecule has 1 saturated heterocycles. The highest BCUT2D eigenvalue weighted by Gasteiger charge is 2.31. The molecule has 18 heavy (non-hydrogen) atoms. The predicted molar refractivity (Wildman–Crippen MR) is 74.5 cm³/mol. The number of carbonyl (C=O) groups is 2. The second kappa shape index (κ2) is 6.99. The molecule has 1 heterocycles. The monoisotopic (exact) mass is 273 g/mol. The summed E-state index contributed by atoms with van der Waals surface area (Å²) in [5.41, 5.74) is 0. The number of rotatable bonds is 5. The third-order valence-corrected chi connectivity index (χ3v) is 3.87. The Morgan fingerprint density at radius 3 is 2.61 bits per heavy atom. The van der Waals surface area contributed by atoms with E-state index in [9.17, 15) is 9.59 Å². The first-order valence-corrected chi connectivity index (χ1v) is 6.99. The SMILES string of the molecule is CCC(NC(=O)C(S)NC)C(=O)N1CCCC1C. The molecule has 104 valence electrons. The summed E-state index contributed by atoms with van der Waals surface area (Å²) in [7, 11) is 1.66. The van der Waals surface area contributed by atoms with E-state index in [2.05, 4.69) is 30.2 Å². The van der Waals surface area contributed by atoms with Crippen molar-refractivity contribution in [3.63, 3.8) is 0 Å². The van der Waals surface area contributed by atoms with Crippen molar-refractivity contribution in [2.24, 2.45) is 0 Å². The molecule has 0 aliphatic carbocycles. The maximum absolute atomic E-state index is 12.3. The number of nitrogens with one attached hydrogen (secondary N) is 2. The van der Waals surface area contributed by atoms with Crippen molar-refractivity contribution in [3.05, 3.63) is 0 Å². The lowest BCUT2D eigenvalue weighted by molar-refractivity contribution is -0.137. The van der Waals surface area contributed by atoms with Crippen LogP contribution in [0.15, 0.2) is 0 Å². The third-order valence-electron chi connectivity index (χ3n) is 3.38. The van der Waals surface area contributed by atoms with Crippen LogP contribution < -0.4 is 10.6 Å². The van der Waals surface area contributed by atoms with Crippen molar-refractivity contribution in [1.29, 1.82) is 0 Å². The van der Waals surface area contributed by atoms with E-state index in [1.54, 1.807) is 7.05 Å². The van der Waals surface area contributed by atoms with Crippen LogP contribution in [0.5, 0.6) is 0 Å². The van der Waals surface area contributed by atoms with E-state index in [1.807, 2.05) is 11.8 Å². The van der Waals surface area contributed by atoms with Crippen LogP contribution in [-0.2, 0) is 9.59 Å². The van der Waals surface area contributed by atoms with Gasteiger partial charge in [0.2, 0.25) is 11.8 Å². The quantitative estimate of drug-likeness (QED) is 0.501. The van der Waals surface area contributed by atoms with Gasteiger partial charge in [-0.15, -0.1) is 0 Å². The molecule has 2 amide bonds. The predicted octanol–water partition coefficient (Wildman–Crippen LogP) is 0.367. The Balaban J connectivity index is 2.60. The number of likely N-dealkylation sites (N-methyl/N-ethyl adjacent to an activating group) is 1. The van der Waals surface area contributed by atoms with Crippen LogP contribution in [-0.4, -0.2) is 47.8 Å². The average Bonchev–Trinajstić information content (AvgIpc) is 2.79. The topological polar surface area (TPSA) is 61.4 Å². The number of likely N-dealkylation sites (tertiary alicyclic amines) is 1. The normalized spacial score (nSPS) is 22.7. The summed E-state index contributed by atoms with van der Waals surface area (Å²) in [6, 6.07) is -0.166. The Kier molecular flexibility index (Phi) is 5.95. The lowest BCUT2D eigenvalue weighted by atomic mass is 10.1. The van der Waals surface area contributed by atoms with Crippen LogP contribution in [0.25, 0.3) is 0 Å². The van der Waals surface area contributed by atoms with Crippen molar-refractivity contribution in [2.75, 3.05) is 13.6 Å². The van der Waals surface area contributed by atoms with Gasteiger partial charge in [0, 0.05) is 12.6 Å². The van der Waals surface area contributed by atoms with E-state index in [1.165, 1.54) is 0 Å². The van der Waals surface area contributed by atoms with E-state index in [-0.39, 0.29) is 17.9 Å². The molecule has 0 spiro atoms. The molecule has 0 saturated carbocycles. The average molecular weight is 273 g/mol. The summed E-state index contributed by atoms with van der Waals surface area (Å²) < 4.78 is 0. The molecule has 6 heteroatoms. The molecule has 1 rings (SSSR count). The molecular weight excluding hydrogens is 250 g/mol. The Morgan fingerprint density at radius 1 is 1.50 bits per heavy atom. The highest BCUT2D eigenvalue weighted by Crippen LogP contribution is 2.18. The molecule has 1 fully saturated rings. The fraction of sp³-hybridized carbons (Fsp3) is 0.833. The Labute approximate surface area is 114 Å². The fourth-order valence-corrected chi connectivity index (χ4v) is 2.26. The lowest BCUT2D eigenvalue weighted by Gasteiger charge is -2.27. The molecule has 5 nitrogen and oxygen atoms in total. The van der Waals surface area contributed by atoms with Crippen LogP contribution in [0.4, 0.5) is 0 Å². The Morgan fingerprint density at radius 2 is 2.17 bits per heavy atom. The summed E-state index contributed by atoms with van der Waals surface area (Å²) in [6.45, 7) is 4.74. The number of amides is 2. The van der Waals surface area contributed by atoms with Crippen molar-refractivity contribution in [1.82, 2.24) is 15.5 Å². The number of nitrogens with zero attached hydrogens (tertiary/aromatic N) is 1. The van der Waals surface area contributed by atoms with Crippen LogP contribution >= 0.6 is 12.6 Å². The summed E-state index contributed by atoms with van der Waals surface area (Å²) in [5, 5.41) is 4.90. The molecule has 1 aliphatic rings. The molecule has 0 radical (unpaired) electrons. The smallest absolute Gasteiger partial charge is 0.247 e. The number of hydrogen-bond acceptors (Lipinski definition) is 4. The molecule has 0 aromatic carbocycles. The summed E-state index contributed by atoms with van der Waals surface area (Å²) in [5.74, 6) is -0.236. The largest absolute Gasteiger partial charge is 0.342 e.